The number of hydrogen-bond donors (Lipinski definition) is 0. The Bertz CT molecular complexity index is 639. The second-order valence-corrected chi connectivity index (χ2v) is 5.81. The zero-order chi connectivity index (χ0) is 17.4. The smallest absolute Gasteiger partial charge is 0.312 e. The van der Waals surface area contributed by atoms with E-state index in [0.29, 0.717) is 18.9 Å². The highest BCUT2D eigenvalue weighted by Gasteiger charge is 2.07. The lowest BCUT2D eigenvalue weighted by Crippen LogP contribution is -2.08. The quantitative estimate of drug-likeness (QED) is 0.677. The fraction of sp³-hybridized carbons (Fsp3) is 0.421. The molecule has 2 aromatic rings. The van der Waals surface area contributed by atoms with E-state index in [9.17, 15) is 4.79 Å². The minimum Gasteiger partial charge on any atom is -0.493 e. The number of ether oxygens (including phenoxy) is 2. The van der Waals surface area contributed by atoms with E-state index < -0.39 is 0 Å². The Morgan fingerprint density at radius 2 is 1.88 bits per heavy atom. The molecule has 0 N–H and O–H groups in total. The van der Waals surface area contributed by atoms with Gasteiger partial charge in [0.1, 0.15) is 5.75 Å². The second-order valence-electron chi connectivity index (χ2n) is 5.81. The molecular formula is C19H24N2O3. The van der Waals surface area contributed by atoms with E-state index in [1.54, 1.807) is 6.20 Å². The summed E-state index contributed by atoms with van der Waals surface area (Å²) in [5, 5.41) is 0. The fourth-order valence-corrected chi connectivity index (χ4v) is 1.97. The number of aromatic nitrogens is 2. The molecule has 2 rings (SSSR count). The van der Waals surface area contributed by atoms with Gasteiger partial charge in [0, 0.05) is 12.0 Å². The number of hydrogen-bond acceptors (Lipinski definition) is 5. The minimum atomic E-state index is -0.289. The van der Waals surface area contributed by atoms with Gasteiger partial charge in [-0.05, 0) is 36.6 Å². The van der Waals surface area contributed by atoms with Crippen molar-refractivity contribution in [2.75, 3.05) is 6.61 Å². The summed E-state index contributed by atoms with van der Waals surface area (Å²) in [4.78, 5) is 19.9. The van der Waals surface area contributed by atoms with Crippen molar-refractivity contribution < 1.29 is 14.3 Å². The first-order chi connectivity index (χ1) is 11.6. The van der Waals surface area contributed by atoms with E-state index >= 15 is 0 Å². The molecule has 128 valence electrons. The molecular weight excluding hydrogens is 304 g/mol. The number of carbonyl (C=O) groups is 1. The molecule has 1 atom stereocenters. The van der Waals surface area contributed by atoms with Gasteiger partial charge in [0.2, 0.25) is 5.88 Å². The molecule has 0 spiro atoms. The van der Waals surface area contributed by atoms with Crippen LogP contribution in [0.3, 0.4) is 0 Å². The van der Waals surface area contributed by atoms with Crippen LogP contribution in [0.1, 0.15) is 40.0 Å². The minimum absolute atomic E-state index is 0.228. The lowest BCUT2D eigenvalue weighted by atomic mass is 10.1. The van der Waals surface area contributed by atoms with Crippen LogP contribution >= 0.6 is 0 Å². The highest BCUT2D eigenvalue weighted by molar-refractivity contribution is 5.71. The van der Waals surface area contributed by atoms with Gasteiger partial charge in [-0.2, -0.15) is 0 Å². The van der Waals surface area contributed by atoms with Gasteiger partial charge >= 0.3 is 5.97 Å². The van der Waals surface area contributed by atoms with Crippen LogP contribution < -0.4 is 9.47 Å². The Morgan fingerprint density at radius 3 is 2.46 bits per heavy atom. The third kappa shape index (κ3) is 5.33. The summed E-state index contributed by atoms with van der Waals surface area (Å²) < 4.78 is 10.8. The van der Waals surface area contributed by atoms with E-state index in [2.05, 4.69) is 23.8 Å². The van der Waals surface area contributed by atoms with Crippen molar-refractivity contribution in [1.82, 2.24) is 9.97 Å². The molecule has 5 heteroatoms. The van der Waals surface area contributed by atoms with Gasteiger partial charge in [-0.15, -0.1) is 0 Å². The van der Waals surface area contributed by atoms with E-state index in [1.807, 2.05) is 31.2 Å². The van der Waals surface area contributed by atoms with Gasteiger partial charge in [0.25, 0.3) is 0 Å². The number of benzene rings is 1. The van der Waals surface area contributed by atoms with Crippen molar-refractivity contribution in [3.63, 3.8) is 0 Å². The molecule has 1 heterocycles. The SMILES string of the molecule is CCCC(=O)Oc1cnc(-c2ccc(OCC(C)CC)cc2)cn1. The molecule has 0 radical (unpaired) electrons. The largest absolute Gasteiger partial charge is 0.493 e. The monoisotopic (exact) mass is 328 g/mol. The average Bonchev–Trinajstić information content (AvgIpc) is 2.61. The van der Waals surface area contributed by atoms with Crippen molar-refractivity contribution in [2.45, 2.75) is 40.0 Å². The topological polar surface area (TPSA) is 61.3 Å². The molecule has 0 amide bonds. The predicted molar refractivity (Wildman–Crippen MR) is 93.0 cm³/mol. The fourth-order valence-electron chi connectivity index (χ4n) is 1.97. The summed E-state index contributed by atoms with van der Waals surface area (Å²) >= 11 is 0. The van der Waals surface area contributed by atoms with Crippen LogP contribution in [0.15, 0.2) is 36.7 Å². The molecule has 0 aliphatic heterocycles. The summed E-state index contributed by atoms with van der Waals surface area (Å²) in [6, 6.07) is 7.74. The third-order valence-corrected chi connectivity index (χ3v) is 3.68. The molecule has 5 nitrogen and oxygen atoms in total. The summed E-state index contributed by atoms with van der Waals surface area (Å²) in [5.41, 5.74) is 1.66. The van der Waals surface area contributed by atoms with Crippen molar-refractivity contribution in [3.8, 4) is 22.9 Å². The molecule has 1 unspecified atom stereocenters. The number of carbonyl (C=O) groups excluding carboxylic acids is 1. The van der Waals surface area contributed by atoms with Crippen LogP contribution in [0.25, 0.3) is 11.3 Å². The molecule has 0 aliphatic carbocycles. The maximum absolute atomic E-state index is 11.4. The lowest BCUT2D eigenvalue weighted by Gasteiger charge is -2.11. The van der Waals surface area contributed by atoms with Crippen molar-refractivity contribution in [2.24, 2.45) is 5.92 Å². The lowest BCUT2D eigenvalue weighted by molar-refractivity contribution is -0.134. The predicted octanol–water partition coefficient (Wildman–Crippen LogP) is 4.27. The van der Waals surface area contributed by atoms with Crippen molar-refractivity contribution in [1.29, 1.82) is 0 Å². The average molecular weight is 328 g/mol. The van der Waals surface area contributed by atoms with E-state index in [0.717, 1.165) is 29.8 Å². The van der Waals surface area contributed by atoms with Gasteiger partial charge in [-0.25, -0.2) is 9.97 Å². The Balaban J connectivity index is 1.97. The maximum Gasteiger partial charge on any atom is 0.312 e. The third-order valence-electron chi connectivity index (χ3n) is 3.68. The Kier molecular flexibility index (Phi) is 6.73. The van der Waals surface area contributed by atoms with Gasteiger partial charge in [0.05, 0.1) is 24.7 Å². The van der Waals surface area contributed by atoms with Gasteiger partial charge in [-0.1, -0.05) is 27.2 Å². The highest BCUT2D eigenvalue weighted by atomic mass is 16.5. The van der Waals surface area contributed by atoms with Crippen molar-refractivity contribution in [3.05, 3.63) is 36.7 Å². The molecule has 24 heavy (non-hydrogen) atoms. The summed E-state index contributed by atoms with van der Waals surface area (Å²) in [6.45, 7) is 6.96. The molecule has 0 saturated carbocycles. The summed E-state index contributed by atoms with van der Waals surface area (Å²) in [7, 11) is 0. The van der Waals surface area contributed by atoms with Crippen molar-refractivity contribution >= 4 is 5.97 Å². The number of rotatable bonds is 8. The van der Waals surface area contributed by atoms with E-state index in [-0.39, 0.29) is 11.8 Å². The molecule has 1 aromatic carbocycles. The van der Waals surface area contributed by atoms with Crippen LogP contribution in [-0.2, 0) is 4.79 Å². The van der Waals surface area contributed by atoms with Crippen LogP contribution in [-0.4, -0.2) is 22.5 Å². The first-order valence-electron chi connectivity index (χ1n) is 8.38. The van der Waals surface area contributed by atoms with Gasteiger partial charge in [0.15, 0.2) is 0 Å². The molecule has 0 saturated heterocycles. The zero-order valence-electron chi connectivity index (χ0n) is 14.5. The Morgan fingerprint density at radius 1 is 1.12 bits per heavy atom. The molecule has 0 fully saturated rings. The first kappa shape index (κ1) is 17.9. The van der Waals surface area contributed by atoms with Gasteiger partial charge in [-0.3, -0.25) is 4.79 Å². The van der Waals surface area contributed by atoms with Crippen LogP contribution in [0, 0.1) is 5.92 Å². The highest BCUT2D eigenvalue weighted by Crippen LogP contribution is 2.21. The van der Waals surface area contributed by atoms with Crippen LogP contribution in [0.5, 0.6) is 11.6 Å². The molecule has 0 bridgehead atoms. The zero-order valence-corrected chi connectivity index (χ0v) is 14.5. The Hall–Kier alpha value is -2.43. The number of nitrogens with zero attached hydrogens (tertiary/aromatic N) is 2. The second kappa shape index (κ2) is 9.01. The molecule has 0 aliphatic rings. The maximum atomic E-state index is 11.4. The van der Waals surface area contributed by atoms with E-state index in [4.69, 9.17) is 9.47 Å². The Labute approximate surface area is 143 Å². The van der Waals surface area contributed by atoms with Crippen LogP contribution in [0.2, 0.25) is 0 Å². The van der Waals surface area contributed by atoms with Crippen LogP contribution in [0.4, 0.5) is 0 Å². The molecule has 1 aromatic heterocycles. The normalized spacial score (nSPS) is 11.8. The standard InChI is InChI=1S/C19H24N2O3/c1-4-6-19(22)24-18-12-20-17(11-21-18)15-7-9-16(10-8-15)23-13-14(3)5-2/h7-12,14H,4-6,13H2,1-3H3. The first-order valence-corrected chi connectivity index (χ1v) is 8.38. The number of esters is 1. The summed E-state index contributed by atoms with van der Waals surface area (Å²) in [5.74, 6) is 1.32. The van der Waals surface area contributed by atoms with E-state index in [1.165, 1.54) is 6.20 Å². The van der Waals surface area contributed by atoms with Gasteiger partial charge < -0.3 is 9.47 Å². The summed E-state index contributed by atoms with van der Waals surface area (Å²) in [6.07, 6.45) is 5.29.